The van der Waals surface area contributed by atoms with Gasteiger partial charge in [0.05, 0.1) is 7.11 Å². The molecule has 96 valence electrons. The molecule has 2 nitrogen and oxygen atoms in total. The van der Waals surface area contributed by atoms with Crippen LogP contribution in [0.3, 0.4) is 0 Å². The topological polar surface area (TPSA) is 18.5 Å². The molecule has 1 aromatic carbocycles. The number of rotatable bonds is 3. The van der Waals surface area contributed by atoms with E-state index in [0.29, 0.717) is 5.75 Å². The Hall–Kier alpha value is -1.03. The summed E-state index contributed by atoms with van der Waals surface area (Å²) in [5.41, 5.74) is 0. The average Bonchev–Trinajstić information content (AvgIpc) is 2.19. The van der Waals surface area contributed by atoms with Crippen LogP contribution in [-0.2, 0) is 0 Å². The van der Waals surface area contributed by atoms with E-state index in [9.17, 15) is 4.39 Å². The highest BCUT2D eigenvalue weighted by atomic mass is 28.4. The molecule has 0 N–H and O–H groups in total. The van der Waals surface area contributed by atoms with Gasteiger partial charge in [0.15, 0.2) is 11.6 Å². The summed E-state index contributed by atoms with van der Waals surface area (Å²) < 4.78 is 24.3. The SMILES string of the molecule is COc1cc(O[Si](C)(C)C(C)(C)C)ccc1F. The van der Waals surface area contributed by atoms with Crippen LogP contribution in [0.1, 0.15) is 20.8 Å². The van der Waals surface area contributed by atoms with E-state index in [4.69, 9.17) is 9.16 Å². The van der Waals surface area contributed by atoms with Gasteiger partial charge in [0.1, 0.15) is 5.75 Å². The third-order valence-corrected chi connectivity index (χ3v) is 7.66. The molecule has 0 radical (unpaired) electrons. The van der Waals surface area contributed by atoms with Gasteiger partial charge in [0, 0.05) is 6.07 Å². The third-order valence-electron chi connectivity index (χ3n) is 3.30. The largest absolute Gasteiger partial charge is 0.543 e. The second-order valence-corrected chi connectivity index (χ2v) is 10.4. The van der Waals surface area contributed by atoms with Gasteiger partial charge >= 0.3 is 0 Å². The molecule has 0 spiro atoms. The van der Waals surface area contributed by atoms with Crippen LogP contribution in [0.15, 0.2) is 18.2 Å². The molecule has 1 aromatic rings. The fourth-order valence-corrected chi connectivity index (χ4v) is 2.17. The van der Waals surface area contributed by atoms with Gasteiger partial charge < -0.3 is 9.16 Å². The van der Waals surface area contributed by atoms with E-state index in [2.05, 4.69) is 33.9 Å². The monoisotopic (exact) mass is 256 g/mol. The van der Waals surface area contributed by atoms with Crippen LogP contribution in [0.2, 0.25) is 18.1 Å². The molecule has 0 atom stereocenters. The molecule has 0 aliphatic carbocycles. The minimum atomic E-state index is -1.88. The maximum atomic E-state index is 13.3. The lowest BCUT2D eigenvalue weighted by Crippen LogP contribution is -2.43. The zero-order chi connectivity index (χ0) is 13.3. The maximum absolute atomic E-state index is 13.3. The van der Waals surface area contributed by atoms with E-state index >= 15 is 0 Å². The highest BCUT2D eigenvalue weighted by Crippen LogP contribution is 2.38. The Morgan fingerprint density at radius 3 is 2.24 bits per heavy atom. The molecule has 0 fully saturated rings. The predicted octanol–water partition coefficient (Wildman–Crippen LogP) is 4.22. The molecule has 0 aliphatic rings. The van der Waals surface area contributed by atoms with Crippen molar-refractivity contribution in [2.24, 2.45) is 0 Å². The zero-order valence-corrected chi connectivity index (χ0v) is 12.4. The van der Waals surface area contributed by atoms with Crippen molar-refractivity contribution in [2.75, 3.05) is 7.11 Å². The Morgan fingerprint density at radius 2 is 1.76 bits per heavy atom. The average molecular weight is 256 g/mol. The maximum Gasteiger partial charge on any atom is 0.250 e. The molecule has 0 heterocycles. The van der Waals surface area contributed by atoms with Gasteiger partial charge in [-0.25, -0.2) is 4.39 Å². The lowest BCUT2D eigenvalue weighted by Gasteiger charge is -2.36. The van der Waals surface area contributed by atoms with Crippen LogP contribution >= 0.6 is 0 Å². The Balaban J connectivity index is 2.96. The minimum absolute atomic E-state index is 0.120. The van der Waals surface area contributed by atoms with Gasteiger partial charge in [-0.3, -0.25) is 0 Å². The van der Waals surface area contributed by atoms with Crippen LogP contribution < -0.4 is 9.16 Å². The fraction of sp³-hybridized carbons (Fsp3) is 0.538. The van der Waals surface area contributed by atoms with E-state index in [0.717, 1.165) is 0 Å². The Bertz CT molecular complexity index is 397. The fourth-order valence-electron chi connectivity index (χ4n) is 1.15. The summed E-state index contributed by atoms with van der Waals surface area (Å²) in [5.74, 6) is 0.533. The summed E-state index contributed by atoms with van der Waals surface area (Å²) in [6, 6.07) is 4.63. The second kappa shape index (κ2) is 4.68. The van der Waals surface area contributed by atoms with Crippen molar-refractivity contribution < 1.29 is 13.6 Å². The summed E-state index contributed by atoms with van der Waals surface area (Å²) in [6.45, 7) is 10.8. The van der Waals surface area contributed by atoms with E-state index in [1.807, 2.05) is 0 Å². The van der Waals surface area contributed by atoms with E-state index in [1.54, 1.807) is 12.1 Å². The van der Waals surface area contributed by atoms with E-state index in [1.165, 1.54) is 13.2 Å². The lowest BCUT2D eigenvalue weighted by molar-refractivity contribution is 0.383. The first-order valence-electron chi connectivity index (χ1n) is 5.70. The third kappa shape index (κ3) is 3.22. The predicted molar refractivity (Wildman–Crippen MR) is 70.8 cm³/mol. The van der Waals surface area contributed by atoms with Crippen molar-refractivity contribution in [1.29, 1.82) is 0 Å². The molecule has 0 saturated carbocycles. The Morgan fingerprint density at radius 1 is 1.18 bits per heavy atom. The van der Waals surface area contributed by atoms with Crippen LogP contribution in [0.5, 0.6) is 11.5 Å². The molecule has 1 rings (SSSR count). The number of methoxy groups -OCH3 is 1. The summed E-state index contributed by atoms with van der Waals surface area (Å²) in [7, 11) is -0.424. The quantitative estimate of drug-likeness (QED) is 0.754. The number of benzene rings is 1. The molecule has 4 heteroatoms. The summed E-state index contributed by atoms with van der Waals surface area (Å²) >= 11 is 0. The molecule has 0 aliphatic heterocycles. The normalized spacial score (nSPS) is 12.4. The molecule has 0 amide bonds. The van der Waals surface area contributed by atoms with Crippen molar-refractivity contribution in [3.05, 3.63) is 24.0 Å². The van der Waals surface area contributed by atoms with Gasteiger partial charge in [-0.2, -0.15) is 0 Å². The van der Waals surface area contributed by atoms with Crippen LogP contribution in [0.25, 0.3) is 0 Å². The Labute approximate surface area is 104 Å². The molecule has 0 saturated heterocycles. The van der Waals surface area contributed by atoms with Crippen LogP contribution in [-0.4, -0.2) is 15.4 Å². The minimum Gasteiger partial charge on any atom is -0.543 e. The number of halogens is 1. The molecule has 0 bridgehead atoms. The molecule has 17 heavy (non-hydrogen) atoms. The highest BCUT2D eigenvalue weighted by molar-refractivity contribution is 6.74. The zero-order valence-electron chi connectivity index (χ0n) is 11.4. The number of hydrogen-bond donors (Lipinski definition) is 0. The Kier molecular flexibility index (Phi) is 3.87. The summed E-state index contributed by atoms with van der Waals surface area (Å²) in [5, 5.41) is 0.120. The van der Waals surface area contributed by atoms with Gasteiger partial charge in [-0.15, -0.1) is 0 Å². The van der Waals surface area contributed by atoms with Crippen molar-refractivity contribution in [1.82, 2.24) is 0 Å². The number of hydrogen-bond acceptors (Lipinski definition) is 2. The van der Waals surface area contributed by atoms with Crippen molar-refractivity contribution in [3.63, 3.8) is 0 Å². The van der Waals surface area contributed by atoms with Gasteiger partial charge in [-0.05, 0) is 30.3 Å². The van der Waals surface area contributed by atoms with Crippen molar-refractivity contribution >= 4 is 8.32 Å². The lowest BCUT2D eigenvalue weighted by atomic mass is 10.2. The van der Waals surface area contributed by atoms with Gasteiger partial charge in [0.2, 0.25) is 8.32 Å². The van der Waals surface area contributed by atoms with Gasteiger partial charge in [-0.1, -0.05) is 20.8 Å². The summed E-state index contributed by atoms with van der Waals surface area (Å²) in [6.07, 6.45) is 0. The molecule has 0 aromatic heterocycles. The summed E-state index contributed by atoms with van der Waals surface area (Å²) in [4.78, 5) is 0. The number of ether oxygens (including phenoxy) is 1. The van der Waals surface area contributed by atoms with Gasteiger partial charge in [0.25, 0.3) is 0 Å². The molecular formula is C13H21FO2Si. The molecule has 0 unspecified atom stereocenters. The van der Waals surface area contributed by atoms with Crippen LogP contribution in [0, 0.1) is 5.82 Å². The van der Waals surface area contributed by atoms with Crippen molar-refractivity contribution in [2.45, 2.75) is 38.9 Å². The highest BCUT2D eigenvalue weighted by Gasteiger charge is 2.39. The van der Waals surface area contributed by atoms with E-state index in [-0.39, 0.29) is 16.6 Å². The first-order chi connectivity index (χ1) is 7.67. The van der Waals surface area contributed by atoms with Crippen LogP contribution in [0.4, 0.5) is 4.39 Å². The smallest absolute Gasteiger partial charge is 0.250 e. The first kappa shape index (κ1) is 14.0. The first-order valence-corrected chi connectivity index (χ1v) is 8.61. The van der Waals surface area contributed by atoms with Crippen molar-refractivity contribution in [3.8, 4) is 11.5 Å². The second-order valence-electron chi connectivity index (χ2n) is 5.66. The standard InChI is InChI=1S/C13H21FO2Si/c1-13(2,3)17(5,6)16-10-7-8-11(14)12(9-10)15-4/h7-9H,1-6H3. The molecular weight excluding hydrogens is 235 g/mol. The van der Waals surface area contributed by atoms with E-state index < -0.39 is 8.32 Å².